The van der Waals surface area contributed by atoms with Gasteiger partial charge in [-0.25, -0.2) is 0 Å². The lowest BCUT2D eigenvalue weighted by Gasteiger charge is -2.05. The number of nitriles is 1. The zero-order chi connectivity index (χ0) is 14.7. The van der Waals surface area contributed by atoms with Crippen LogP contribution >= 0.6 is 23.4 Å². The van der Waals surface area contributed by atoms with Gasteiger partial charge in [-0.15, -0.1) is 5.10 Å². The number of aromatic nitrogens is 4. The van der Waals surface area contributed by atoms with Crippen LogP contribution in [-0.2, 0) is 0 Å². The number of nitrogens with zero attached hydrogens (tertiary/aromatic N) is 5. The number of tetrazole rings is 1. The number of benzene rings is 2. The molecule has 0 saturated carbocycles. The molecule has 0 aliphatic heterocycles. The summed E-state index contributed by atoms with van der Waals surface area (Å²) in [5.41, 5.74) is 1.39. The molecule has 0 bridgehead atoms. The fourth-order valence-electron chi connectivity index (χ4n) is 1.75. The molecule has 0 aliphatic rings. The van der Waals surface area contributed by atoms with Gasteiger partial charge in [0.05, 0.1) is 11.3 Å². The van der Waals surface area contributed by atoms with Crippen molar-refractivity contribution in [2.75, 3.05) is 0 Å². The van der Waals surface area contributed by atoms with Gasteiger partial charge in [0.1, 0.15) is 6.07 Å². The molecule has 3 rings (SSSR count). The molecule has 1 aromatic heterocycles. The minimum absolute atomic E-state index is 0.534. The van der Waals surface area contributed by atoms with Crippen molar-refractivity contribution >= 4 is 23.4 Å². The molecule has 3 aromatic rings. The molecule has 0 aliphatic carbocycles. The van der Waals surface area contributed by atoms with Crippen molar-refractivity contribution < 1.29 is 0 Å². The van der Waals surface area contributed by atoms with E-state index in [2.05, 4.69) is 21.6 Å². The zero-order valence-electron chi connectivity index (χ0n) is 10.6. The van der Waals surface area contributed by atoms with E-state index in [1.807, 2.05) is 30.3 Å². The maximum absolute atomic E-state index is 9.16. The van der Waals surface area contributed by atoms with Gasteiger partial charge >= 0.3 is 0 Å². The van der Waals surface area contributed by atoms with E-state index in [0.717, 1.165) is 10.6 Å². The van der Waals surface area contributed by atoms with Gasteiger partial charge in [-0.1, -0.05) is 29.8 Å². The minimum Gasteiger partial charge on any atom is -0.192 e. The highest BCUT2D eigenvalue weighted by molar-refractivity contribution is 7.99. The van der Waals surface area contributed by atoms with E-state index in [9.17, 15) is 0 Å². The molecule has 102 valence electrons. The molecule has 7 heteroatoms. The summed E-state index contributed by atoms with van der Waals surface area (Å²) in [5, 5.41) is 22.0. The second-order valence-corrected chi connectivity index (χ2v) is 5.51. The molecule has 1 heterocycles. The topological polar surface area (TPSA) is 67.4 Å². The molecule has 0 unspecified atom stereocenters. The van der Waals surface area contributed by atoms with Gasteiger partial charge < -0.3 is 0 Å². The quantitative estimate of drug-likeness (QED) is 0.742. The predicted molar refractivity (Wildman–Crippen MR) is 79.4 cm³/mol. The Kier molecular flexibility index (Phi) is 3.86. The van der Waals surface area contributed by atoms with Crippen LogP contribution in [0.15, 0.2) is 58.6 Å². The van der Waals surface area contributed by atoms with Gasteiger partial charge in [-0.05, 0) is 52.5 Å². The van der Waals surface area contributed by atoms with Crippen LogP contribution in [0, 0.1) is 11.3 Å². The summed E-state index contributed by atoms with van der Waals surface area (Å²) in [7, 11) is 0. The normalized spacial score (nSPS) is 10.3. The molecule has 0 spiro atoms. The first kappa shape index (κ1) is 13.6. The van der Waals surface area contributed by atoms with Gasteiger partial charge in [0.2, 0.25) is 5.16 Å². The Morgan fingerprint density at radius 2 is 1.95 bits per heavy atom. The highest BCUT2D eigenvalue weighted by Gasteiger charge is 2.12. The number of halogens is 1. The van der Waals surface area contributed by atoms with E-state index in [-0.39, 0.29) is 0 Å². The van der Waals surface area contributed by atoms with Crippen LogP contribution in [0.25, 0.3) is 5.69 Å². The Bertz CT molecular complexity index is 810. The standard InChI is InChI=1S/C14H8ClN5S/c15-11-7-6-10(9-16)13(8-11)21-14-17-18-19-20(14)12-4-2-1-3-5-12/h1-8H. The first-order valence-corrected chi connectivity index (χ1v) is 7.18. The van der Waals surface area contributed by atoms with E-state index in [0.29, 0.717) is 15.7 Å². The molecule has 2 aromatic carbocycles. The third-order valence-electron chi connectivity index (χ3n) is 2.71. The minimum atomic E-state index is 0.534. The monoisotopic (exact) mass is 313 g/mol. The molecule has 5 nitrogen and oxygen atoms in total. The molecule has 0 N–H and O–H groups in total. The number of para-hydroxylation sites is 1. The van der Waals surface area contributed by atoms with Crippen molar-refractivity contribution in [1.29, 1.82) is 5.26 Å². The van der Waals surface area contributed by atoms with E-state index in [1.54, 1.807) is 22.9 Å². The molecule has 21 heavy (non-hydrogen) atoms. The Hall–Kier alpha value is -2.36. The average Bonchev–Trinajstić information content (AvgIpc) is 2.96. The van der Waals surface area contributed by atoms with Crippen molar-refractivity contribution in [3.8, 4) is 11.8 Å². The van der Waals surface area contributed by atoms with Crippen LogP contribution in [0.2, 0.25) is 5.02 Å². The van der Waals surface area contributed by atoms with Crippen molar-refractivity contribution in [3.05, 3.63) is 59.1 Å². The zero-order valence-corrected chi connectivity index (χ0v) is 12.2. The van der Waals surface area contributed by atoms with Crippen molar-refractivity contribution in [1.82, 2.24) is 20.2 Å². The number of rotatable bonds is 3. The first-order chi connectivity index (χ1) is 10.3. The van der Waals surface area contributed by atoms with Crippen LogP contribution in [0.4, 0.5) is 0 Å². The van der Waals surface area contributed by atoms with E-state index >= 15 is 0 Å². The lowest BCUT2D eigenvalue weighted by molar-refractivity contribution is 0.756. The van der Waals surface area contributed by atoms with Gasteiger partial charge in [0.15, 0.2) is 0 Å². The summed E-state index contributed by atoms with van der Waals surface area (Å²) in [6, 6.07) is 16.8. The molecule has 0 fully saturated rings. The third-order valence-corrected chi connectivity index (χ3v) is 3.94. The summed E-state index contributed by atoms with van der Waals surface area (Å²) in [4.78, 5) is 0.719. The maximum Gasteiger partial charge on any atom is 0.218 e. The molecule has 0 radical (unpaired) electrons. The van der Waals surface area contributed by atoms with Crippen molar-refractivity contribution in [3.63, 3.8) is 0 Å². The van der Waals surface area contributed by atoms with Crippen LogP contribution in [0.5, 0.6) is 0 Å². The Morgan fingerprint density at radius 3 is 2.71 bits per heavy atom. The van der Waals surface area contributed by atoms with Gasteiger partial charge in [-0.3, -0.25) is 0 Å². The summed E-state index contributed by atoms with van der Waals surface area (Å²) < 4.78 is 1.62. The van der Waals surface area contributed by atoms with Gasteiger partial charge in [0, 0.05) is 9.92 Å². The van der Waals surface area contributed by atoms with Crippen LogP contribution in [0.3, 0.4) is 0 Å². The predicted octanol–water partition coefficient (Wildman–Crippen LogP) is 3.34. The fourth-order valence-corrected chi connectivity index (χ4v) is 2.89. The third kappa shape index (κ3) is 2.89. The number of hydrogen-bond acceptors (Lipinski definition) is 5. The van der Waals surface area contributed by atoms with E-state index in [4.69, 9.17) is 16.9 Å². The maximum atomic E-state index is 9.16. The van der Waals surface area contributed by atoms with Gasteiger partial charge in [0.25, 0.3) is 0 Å². The van der Waals surface area contributed by atoms with Crippen LogP contribution in [0.1, 0.15) is 5.56 Å². The van der Waals surface area contributed by atoms with Gasteiger partial charge in [-0.2, -0.15) is 9.94 Å². The largest absolute Gasteiger partial charge is 0.218 e. The Labute approximate surface area is 130 Å². The van der Waals surface area contributed by atoms with Crippen molar-refractivity contribution in [2.45, 2.75) is 10.1 Å². The molecule has 0 amide bonds. The smallest absolute Gasteiger partial charge is 0.192 e. The Morgan fingerprint density at radius 1 is 1.14 bits per heavy atom. The lowest BCUT2D eigenvalue weighted by Crippen LogP contribution is -1.98. The lowest BCUT2D eigenvalue weighted by atomic mass is 10.2. The Balaban J connectivity index is 2.00. The average molecular weight is 314 g/mol. The second kappa shape index (κ2) is 5.95. The molecular formula is C14H8ClN5S. The summed E-state index contributed by atoms with van der Waals surface area (Å²) >= 11 is 7.29. The SMILES string of the molecule is N#Cc1ccc(Cl)cc1Sc1nnnn1-c1ccccc1. The fraction of sp³-hybridized carbons (Fsp3) is 0. The van der Waals surface area contributed by atoms with E-state index in [1.165, 1.54) is 11.8 Å². The second-order valence-electron chi connectivity index (χ2n) is 4.06. The highest BCUT2D eigenvalue weighted by atomic mass is 35.5. The molecule has 0 saturated heterocycles. The summed E-state index contributed by atoms with van der Waals surface area (Å²) in [6.07, 6.45) is 0. The number of hydrogen-bond donors (Lipinski definition) is 0. The summed E-state index contributed by atoms with van der Waals surface area (Å²) in [5.74, 6) is 0. The molecule has 0 atom stereocenters. The van der Waals surface area contributed by atoms with Crippen LogP contribution in [-0.4, -0.2) is 20.2 Å². The van der Waals surface area contributed by atoms with Crippen LogP contribution < -0.4 is 0 Å². The molecular weight excluding hydrogens is 306 g/mol. The first-order valence-electron chi connectivity index (χ1n) is 5.99. The van der Waals surface area contributed by atoms with E-state index < -0.39 is 0 Å². The van der Waals surface area contributed by atoms with Crippen molar-refractivity contribution in [2.24, 2.45) is 0 Å². The summed E-state index contributed by atoms with van der Waals surface area (Å²) in [6.45, 7) is 0. The highest BCUT2D eigenvalue weighted by Crippen LogP contribution is 2.31.